The van der Waals surface area contributed by atoms with Gasteiger partial charge in [0.25, 0.3) is 0 Å². The summed E-state index contributed by atoms with van der Waals surface area (Å²) in [5, 5.41) is 20.4. The maximum Gasteiger partial charge on any atom is 0.302 e. The second-order valence-corrected chi connectivity index (χ2v) is 13.9. The van der Waals surface area contributed by atoms with E-state index in [1.165, 1.54) is 44.9 Å². The molecular formula is C30H50O4. The third kappa shape index (κ3) is 4.29. The van der Waals surface area contributed by atoms with Crippen molar-refractivity contribution in [3.8, 4) is 0 Å². The van der Waals surface area contributed by atoms with E-state index in [0.29, 0.717) is 23.7 Å². The third-order valence-electron chi connectivity index (χ3n) is 11.2. The molecule has 0 heterocycles. The number of aliphatic hydroxyl groups is 2. The van der Waals surface area contributed by atoms with Gasteiger partial charge in [-0.25, -0.2) is 0 Å². The molecule has 2 fully saturated rings. The van der Waals surface area contributed by atoms with Crippen molar-refractivity contribution in [2.75, 3.05) is 0 Å². The van der Waals surface area contributed by atoms with E-state index in [4.69, 9.17) is 4.74 Å². The first-order valence-electron chi connectivity index (χ1n) is 14.0. The summed E-state index contributed by atoms with van der Waals surface area (Å²) in [6.07, 6.45) is 11.9. The monoisotopic (exact) mass is 474 g/mol. The molecule has 0 spiro atoms. The summed E-state index contributed by atoms with van der Waals surface area (Å²) in [5.41, 5.74) is 3.20. The predicted octanol–water partition coefficient (Wildman–Crippen LogP) is 6.58. The zero-order valence-electron chi connectivity index (χ0n) is 22.9. The van der Waals surface area contributed by atoms with Crippen LogP contribution in [0.5, 0.6) is 0 Å². The van der Waals surface area contributed by atoms with Crippen LogP contribution < -0.4 is 0 Å². The van der Waals surface area contributed by atoms with Gasteiger partial charge in [-0.3, -0.25) is 4.79 Å². The number of rotatable bonds is 6. The molecule has 194 valence electrons. The molecule has 0 aromatic heterocycles. The van der Waals surface area contributed by atoms with Crippen LogP contribution in [0, 0.1) is 34.0 Å². The molecule has 0 aromatic carbocycles. The average Bonchev–Trinajstić information content (AvgIpc) is 3.06. The Bertz CT molecular complexity index is 820. The van der Waals surface area contributed by atoms with Gasteiger partial charge in [0.2, 0.25) is 0 Å². The highest BCUT2D eigenvalue weighted by molar-refractivity contribution is 5.66. The molecule has 0 radical (unpaired) electrons. The highest BCUT2D eigenvalue weighted by Crippen LogP contribution is 2.67. The minimum Gasteiger partial charge on any atom is -0.462 e. The molecule has 2 saturated carbocycles. The lowest BCUT2D eigenvalue weighted by Crippen LogP contribution is -2.54. The summed E-state index contributed by atoms with van der Waals surface area (Å²) in [5.74, 6) is 1.87. The van der Waals surface area contributed by atoms with E-state index < -0.39 is 11.7 Å². The van der Waals surface area contributed by atoms with Gasteiger partial charge in [-0.1, -0.05) is 45.3 Å². The van der Waals surface area contributed by atoms with Crippen LogP contribution in [0.3, 0.4) is 0 Å². The molecule has 4 rings (SSSR count). The fourth-order valence-corrected chi connectivity index (χ4v) is 9.18. The lowest BCUT2D eigenvalue weighted by atomic mass is 9.46. The second-order valence-electron chi connectivity index (χ2n) is 13.9. The van der Waals surface area contributed by atoms with Gasteiger partial charge >= 0.3 is 5.97 Å². The van der Waals surface area contributed by atoms with Gasteiger partial charge in [-0.15, -0.1) is 0 Å². The standard InChI is InChI=1S/C30H50O4/c1-19(31)34-26-16-18-30(7)23-15-17-29(6)20(9-8-10-25(32)28(4,5)33)11-13-22(29)21(23)12-14-24(30)27(26,2)3/h20,22,24-26,32-33H,8-18H2,1-7H3. The Morgan fingerprint density at radius 2 is 1.79 bits per heavy atom. The molecule has 0 amide bonds. The van der Waals surface area contributed by atoms with E-state index in [1.54, 1.807) is 31.9 Å². The maximum atomic E-state index is 11.8. The topological polar surface area (TPSA) is 66.8 Å². The third-order valence-corrected chi connectivity index (χ3v) is 11.2. The molecule has 0 aliphatic heterocycles. The number of aliphatic hydroxyl groups excluding tert-OH is 1. The minimum atomic E-state index is -1.01. The van der Waals surface area contributed by atoms with E-state index in [-0.39, 0.29) is 22.9 Å². The Morgan fingerprint density at radius 3 is 2.44 bits per heavy atom. The minimum absolute atomic E-state index is 0.0114. The Hall–Kier alpha value is -0.870. The van der Waals surface area contributed by atoms with E-state index in [1.807, 2.05) is 0 Å². The van der Waals surface area contributed by atoms with Gasteiger partial charge in [-0.05, 0) is 107 Å². The number of allylic oxidation sites excluding steroid dienone is 2. The molecule has 2 N–H and O–H groups in total. The van der Waals surface area contributed by atoms with Crippen molar-refractivity contribution in [1.29, 1.82) is 0 Å². The molecule has 4 heteroatoms. The molecule has 0 aromatic rings. The smallest absolute Gasteiger partial charge is 0.302 e. The number of carbonyl (C=O) groups is 1. The van der Waals surface area contributed by atoms with Crippen molar-refractivity contribution in [3.05, 3.63) is 11.1 Å². The Labute approximate surface area is 207 Å². The quantitative estimate of drug-likeness (QED) is 0.337. The van der Waals surface area contributed by atoms with Crippen LogP contribution in [0.1, 0.15) is 119 Å². The second kappa shape index (κ2) is 8.91. The van der Waals surface area contributed by atoms with E-state index in [0.717, 1.165) is 25.2 Å². The zero-order chi connectivity index (χ0) is 25.1. The zero-order valence-corrected chi connectivity index (χ0v) is 22.9. The van der Waals surface area contributed by atoms with Gasteiger partial charge in [0.15, 0.2) is 0 Å². The highest BCUT2D eigenvalue weighted by atomic mass is 16.5. The lowest BCUT2D eigenvalue weighted by molar-refractivity contribution is -0.166. The predicted molar refractivity (Wildman–Crippen MR) is 136 cm³/mol. The van der Waals surface area contributed by atoms with E-state index in [9.17, 15) is 15.0 Å². The summed E-state index contributed by atoms with van der Waals surface area (Å²) in [4.78, 5) is 11.8. The fourth-order valence-electron chi connectivity index (χ4n) is 9.18. The summed E-state index contributed by atoms with van der Waals surface area (Å²) in [7, 11) is 0. The first-order chi connectivity index (χ1) is 15.7. The number of ether oxygens (including phenoxy) is 1. The summed E-state index contributed by atoms with van der Waals surface area (Å²) >= 11 is 0. The number of hydrogen-bond donors (Lipinski definition) is 2. The Balaban J connectivity index is 1.51. The molecule has 4 nitrogen and oxygen atoms in total. The number of esters is 1. The largest absolute Gasteiger partial charge is 0.462 e. The molecule has 7 atom stereocenters. The van der Waals surface area contributed by atoms with Crippen LogP contribution in [-0.2, 0) is 9.53 Å². The number of hydrogen-bond acceptors (Lipinski definition) is 4. The molecule has 7 unspecified atom stereocenters. The van der Waals surface area contributed by atoms with Gasteiger partial charge < -0.3 is 14.9 Å². The molecule has 0 bridgehead atoms. The first kappa shape index (κ1) is 26.2. The number of fused-ring (bicyclic) bond motifs is 4. The van der Waals surface area contributed by atoms with Crippen molar-refractivity contribution in [3.63, 3.8) is 0 Å². The van der Waals surface area contributed by atoms with Gasteiger partial charge in [-0.2, -0.15) is 0 Å². The van der Waals surface area contributed by atoms with Crippen molar-refractivity contribution >= 4 is 5.97 Å². The van der Waals surface area contributed by atoms with E-state index >= 15 is 0 Å². The maximum absolute atomic E-state index is 11.8. The SMILES string of the molecule is CC(=O)OC1CCC2(C)C3=C(CCC2C1(C)C)C1CCC(CCCC(O)C(C)(C)O)C1(C)CC3. The number of carbonyl (C=O) groups excluding carboxylic acids is 1. The summed E-state index contributed by atoms with van der Waals surface area (Å²) in [6, 6.07) is 0. The Kier molecular flexibility index (Phi) is 6.86. The van der Waals surface area contributed by atoms with Gasteiger partial charge in [0.05, 0.1) is 11.7 Å². The van der Waals surface area contributed by atoms with Gasteiger partial charge in [0, 0.05) is 12.3 Å². The van der Waals surface area contributed by atoms with Crippen LogP contribution in [0.25, 0.3) is 0 Å². The van der Waals surface area contributed by atoms with Crippen molar-refractivity contribution in [2.45, 2.75) is 137 Å². The molecule has 34 heavy (non-hydrogen) atoms. The molecule has 0 saturated heterocycles. The summed E-state index contributed by atoms with van der Waals surface area (Å²) < 4.78 is 5.82. The van der Waals surface area contributed by atoms with Crippen molar-refractivity contribution in [1.82, 2.24) is 0 Å². The van der Waals surface area contributed by atoms with Crippen molar-refractivity contribution in [2.24, 2.45) is 34.0 Å². The summed E-state index contributed by atoms with van der Waals surface area (Å²) in [6.45, 7) is 14.7. The first-order valence-corrected chi connectivity index (χ1v) is 14.0. The highest BCUT2D eigenvalue weighted by Gasteiger charge is 2.59. The average molecular weight is 475 g/mol. The normalized spacial score (nSPS) is 40.3. The molecule has 4 aliphatic carbocycles. The van der Waals surface area contributed by atoms with Gasteiger partial charge in [0.1, 0.15) is 6.10 Å². The lowest BCUT2D eigenvalue weighted by Gasteiger charge is -2.60. The van der Waals surface area contributed by atoms with Crippen LogP contribution in [0.4, 0.5) is 0 Å². The van der Waals surface area contributed by atoms with Crippen LogP contribution >= 0.6 is 0 Å². The molecule has 4 aliphatic rings. The van der Waals surface area contributed by atoms with Crippen LogP contribution in [-0.4, -0.2) is 34.0 Å². The van der Waals surface area contributed by atoms with Crippen LogP contribution in [0.2, 0.25) is 0 Å². The van der Waals surface area contributed by atoms with E-state index in [2.05, 4.69) is 27.7 Å². The van der Waals surface area contributed by atoms with Crippen molar-refractivity contribution < 1.29 is 19.7 Å². The molecular weight excluding hydrogens is 424 g/mol. The van der Waals surface area contributed by atoms with Crippen LogP contribution in [0.15, 0.2) is 11.1 Å². The fraction of sp³-hybridized carbons (Fsp3) is 0.900. The Morgan fingerprint density at radius 1 is 1.09 bits per heavy atom.